The molecule has 3 heterocycles. The number of carbonyl (C=O) groups is 2. The van der Waals surface area contributed by atoms with Crippen molar-refractivity contribution in [2.24, 2.45) is 5.73 Å². The molecule has 208 valence electrons. The largest absolute Gasteiger partial charge is 0.490 e. The van der Waals surface area contributed by atoms with Crippen molar-refractivity contribution in [2.75, 3.05) is 18.5 Å². The van der Waals surface area contributed by atoms with Crippen LogP contribution >= 0.6 is 0 Å². The number of aryl methyl sites for hydroxylation is 1. The number of pyridine rings is 1. The number of aromatic nitrogens is 4. The van der Waals surface area contributed by atoms with Gasteiger partial charge in [-0.3, -0.25) is 9.78 Å². The Bertz CT molecular complexity index is 1480. The van der Waals surface area contributed by atoms with E-state index in [1.807, 2.05) is 31.2 Å². The molecule has 39 heavy (non-hydrogen) atoms. The molecule has 0 saturated carbocycles. The Labute approximate surface area is 217 Å². The van der Waals surface area contributed by atoms with Gasteiger partial charge >= 0.3 is 17.8 Å². The number of carbonyl (C=O) groups excluding carboxylic acids is 1. The monoisotopic (exact) mass is 554 g/mol. The van der Waals surface area contributed by atoms with Crippen molar-refractivity contribution in [1.82, 2.24) is 19.3 Å². The molecule has 1 aliphatic heterocycles. The van der Waals surface area contributed by atoms with Crippen LogP contribution < -0.4 is 16.3 Å². The van der Waals surface area contributed by atoms with Gasteiger partial charge < -0.3 is 15.7 Å². The van der Waals surface area contributed by atoms with Crippen LogP contribution in [-0.2, 0) is 22.6 Å². The Morgan fingerprint density at radius 3 is 2.41 bits per heavy atom. The number of nitrogens with two attached hydrogens (primary N) is 1. The van der Waals surface area contributed by atoms with E-state index in [4.69, 9.17) is 15.6 Å². The molecule has 0 spiro atoms. The quantitative estimate of drug-likeness (QED) is 0.463. The van der Waals surface area contributed by atoms with E-state index in [1.54, 1.807) is 18.0 Å². The van der Waals surface area contributed by atoms with E-state index < -0.39 is 36.4 Å². The molecular formula is C24H23F5N6O4. The van der Waals surface area contributed by atoms with E-state index in [1.165, 1.54) is 17.1 Å². The van der Waals surface area contributed by atoms with Crippen molar-refractivity contribution in [3.63, 3.8) is 0 Å². The first-order valence-corrected chi connectivity index (χ1v) is 11.3. The number of aliphatic carboxylic acids is 1. The normalized spacial score (nSPS) is 14.8. The average Bonchev–Trinajstić information content (AvgIpc) is 3.24. The molecule has 0 radical (unpaired) electrons. The van der Waals surface area contributed by atoms with Gasteiger partial charge in [0.15, 0.2) is 0 Å². The second-order valence-corrected chi connectivity index (χ2v) is 8.49. The van der Waals surface area contributed by atoms with Crippen LogP contribution in [-0.4, -0.2) is 56.1 Å². The fraction of sp³-hybridized carbons (Fsp3) is 0.292. The van der Waals surface area contributed by atoms with Crippen LogP contribution in [0.4, 0.5) is 27.6 Å². The molecule has 1 aromatic carbocycles. The first kappa shape index (κ1) is 29.2. The second-order valence-electron chi connectivity index (χ2n) is 8.49. The van der Waals surface area contributed by atoms with Crippen LogP contribution in [0, 0.1) is 6.92 Å². The number of rotatable bonds is 5. The summed E-state index contributed by atoms with van der Waals surface area (Å²) in [5.41, 5.74) is 8.12. The lowest BCUT2D eigenvalue weighted by atomic mass is 9.87. The Morgan fingerprint density at radius 1 is 1.21 bits per heavy atom. The second kappa shape index (κ2) is 11.6. The summed E-state index contributed by atoms with van der Waals surface area (Å²) in [4.78, 5) is 40.7. The molecule has 4 rings (SSSR count). The van der Waals surface area contributed by atoms with Gasteiger partial charge in [-0.1, -0.05) is 18.2 Å². The molecule has 3 N–H and O–H groups in total. The van der Waals surface area contributed by atoms with Crippen molar-refractivity contribution >= 4 is 17.6 Å². The van der Waals surface area contributed by atoms with Gasteiger partial charge in [0.2, 0.25) is 5.91 Å². The van der Waals surface area contributed by atoms with Crippen LogP contribution in [0.15, 0.2) is 59.3 Å². The van der Waals surface area contributed by atoms with Crippen LogP contribution in [0.25, 0.3) is 5.69 Å². The summed E-state index contributed by atoms with van der Waals surface area (Å²) in [5.74, 6) is -3.24. The van der Waals surface area contributed by atoms with Gasteiger partial charge in [0.05, 0.1) is 30.0 Å². The fourth-order valence-electron chi connectivity index (χ4n) is 3.96. The number of hydrogen-bond donors (Lipinski definition) is 2. The average molecular weight is 554 g/mol. The van der Waals surface area contributed by atoms with Crippen LogP contribution in [0.3, 0.4) is 0 Å². The number of alkyl halides is 3. The molecule has 1 atom stereocenters. The fourth-order valence-corrected chi connectivity index (χ4v) is 3.96. The Morgan fingerprint density at radius 2 is 1.85 bits per heavy atom. The third-order valence-electron chi connectivity index (χ3n) is 5.95. The maximum absolute atomic E-state index is 13.0. The topological polar surface area (TPSA) is 136 Å². The number of para-hydroxylation sites is 1. The highest BCUT2D eigenvalue weighted by molar-refractivity contribution is 6.00. The van der Waals surface area contributed by atoms with E-state index >= 15 is 0 Å². The van der Waals surface area contributed by atoms with Crippen LogP contribution in [0.2, 0.25) is 0 Å². The summed E-state index contributed by atoms with van der Waals surface area (Å²) in [6.07, 6.45) is -3.73. The van der Waals surface area contributed by atoms with E-state index in [2.05, 4.69) is 10.1 Å². The molecule has 1 unspecified atom stereocenters. The lowest BCUT2D eigenvalue weighted by molar-refractivity contribution is -0.192. The predicted octanol–water partition coefficient (Wildman–Crippen LogP) is 2.78. The highest BCUT2D eigenvalue weighted by Gasteiger charge is 2.38. The van der Waals surface area contributed by atoms with Gasteiger partial charge in [0.25, 0.3) is 6.08 Å². The molecule has 0 fully saturated rings. The van der Waals surface area contributed by atoms with Crippen molar-refractivity contribution < 1.29 is 36.6 Å². The van der Waals surface area contributed by atoms with Gasteiger partial charge in [-0.05, 0) is 36.6 Å². The molecule has 3 aromatic rings. The number of hydrogen-bond acceptors (Lipinski definition) is 6. The highest BCUT2D eigenvalue weighted by Crippen LogP contribution is 2.35. The van der Waals surface area contributed by atoms with Gasteiger partial charge in [-0.2, -0.15) is 27.1 Å². The SMILES string of the molecule is Cc1cc(-n2cnn(CC(CN)=C(F)F)c2=O)cnc1C1Cc2ccccc2N(C)C1=O.O=C(O)C(F)(F)F. The summed E-state index contributed by atoms with van der Waals surface area (Å²) in [5, 5.41) is 11.0. The third-order valence-corrected chi connectivity index (χ3v) is 5.95. The minimum Gasteiger partial charge on any atom is -0.475 e. The number of likely N-dealkylation sites (N-methyl/N-ethyl adjacent to an activating group) is 1. The molecule has 1 amide bonds. The summed E-state index contributed by atoms with van der Waals surface area (Å²) in [7, 11) is 1.75. The van der Waals surface area contributed by atoms with Crippen LogP contribution in [0.1, 0.15) is 22.7 Å². The maximum atomic E-state index is 13.0. The number of carboxylic acids is 1. The van der Waals surface area contributed by atoms with Gasteiger partial charge in [0, 0.05) is 24.9 Å². The summed E-state index contributed by atoms with van der Waals surface area (Å²) in [6.45, 7) is 1.06. The predicted molar refractivity (Wildman–Crippen MR) is 129 cm³/mol. The van der Waals surface area contributed by atoms with Gasteiger partial charge in [-0.25, -0.2) is 18.8 Å². The lowest BCUT2D eigenvalue weighted by Gasteiger charge is -2.31. The zero-order valence-corrected chi connectivity index (χ0v) is 20.6. The van der Waals surface area contributed by atoms with E-state index in [0.29, 0.717) is 17.8 Å². The van der Waals surface area contributed by atoms with E-state index in [9.17, 15) is 31.5 Å². The molecule has 0 bridgehead atoms. The standard InChI is InChI=1S/C22H22F2N6O2.C2HF3O2/c1-13-7-16(29-12-27-30(22(29)32)11-15(9-25)20(23)24)10-26-19(13)17-8-14-5-3-4-6-18(14)28(2)21(17)31;3-2(4,5)1(6)7/h3-7,10,12,17H,8-9,11,25H2,1-2H3;(H,6,7). The van der Waals surface area contributed by atoms with E-state index in [0.717, 1.165) is 21.5 Å². The van der Waals surface area contributed by atoms with Crippen molar-refractivity contribution in [3.8, 4) is 5.69 Å². The highest BCUT2D eigenvalue weighted by atomic mass is 19.4. The number of nitrogens with zero attached hydrogens (tertiary/aromatic N) is 5. The Kier molecular flexibility index (Phi) is 8.64. The number of fused-ring (bicyclic) bond motifs is 1. The maximum Gasteiger partial charge on any atom is 0.490 e. The van der Waals surface area contributed by atoms with Crippen molar-refractivity contribution in [2.45, 2.75) is 32.0 Å². The summed E-state index contributed by atoms with van der Waals surface area (Å²) in [6, 6.07) is 9.48. The van der Waals surface area contributed by atoms with E-state index in [-0.39, 0.29) is 18.0 Å². The molecule has 0 saturated heterocycles. The molecule has 1 aliphatic rings. The zero-order chi connectivity index (χ0) is 29.1. The minimum atomic E-state index is -5.08. The number of anilines is 1. The lowest BCUT2D eigenvalue weighted by Crippen LogP contribution is -2.38. The number of amides is 1. The third kappa shape index (κ3) is 6.37. The number of benzene rings is 1. The van der Waals surface area contributed by atoms with Gasteiger partial charge in [-0.15, -0.1) is 0 Å². The van der Waals surface area contributed by atoms with Crippen molar-refractivity contribution in [1.29, 1.82) is 0 Å². The van der Waals surface area contributed by atoms with Crippen LogP contribution in [0.5, 0.6) is 0 Å². The minimum absolute atomic E-state index is 0.0496. The number of carboxylic acid groups (broad SMARTS) is 1. The van der Waals surface area contributed by atoms with Crippen molar-refractivity contribution in [3.05, 3.63) is 81.8 Å². The molecule has 10 nitrogen and oxygen atoms in total. The molecule has 0 aliphatic carbocycles. The number of halogens is 5. The first-order valence-electron chi connectivity index (χ1n) is 11.3. The molecule has 15 heteroatoms. The molecular weight excluding hydrogens is 531 g/mol. The zero-order valence-electron chi connectivity index (χ0n) is 20.6. The smallest absolute Gasteiger partial charge is 0.475 e. The summed E-state index contributed by atoms with van der Waals surface area (Å²) < 4.78 is 59.6. The Hall–Kier alpha value is -4.40. The summed E-state index contributed by atoms with van der Waals surface area (Å²) >= 11 is 0. The Balaban J connectivity index is 0.000000532. The first-order chi connectivity index (χ1) is 18.3. The molecule has 2 aromatic heterocycles. The van der Waals surface area contributed by atoms with Gasteiger partial charge in [0.1, 0.15) is 6.33 Å².